The summed E-state index contributed by atoms with van der Waals surface area (Å²) in [5.41, 5.74) is 2.56. The Morgan fingerprint density at radius 2 is 1.83 bits per heavy atom. The molecule has 1 fully saturated rings. The average molecular weight is 346 g/mol. The van der Waals surface area contributed by atoms with Crippen LogP contribution in [0.4, 0.5) is 5.95 Å². The number of hydrogen-bond acceptors (Lipinski definition) is 5. The number of rotatable bonds is 6. The van der Waals surface area contributed by atoms with Gasteiger partial charge in [0.2, 0.25) is 16.0 Å². The zero-order chi connectivity index (χ0) is 17.0. The highest BCUT2D eigenvalue weighted by molar-refractivity contribution is 7.88. The second-order valence-electron chi connectivity index (χ2n) is 6.11. The summed E-state index contributed by atoms with van der Waals surface area (Å²) >= 11 is 0. The number of benzene rings is 1. The van der Waals surface area contributed by atoms with Gasteiger partial charge in [0.25, 0.3) is 0 Å². The molecule has 24 heavy (non-hydrogen) atoms. The topological polar surface area (TPSA) is 75.2 Å². The van der Waals surface area contributed by atoms with Crippen LogP contribution < -0.4 is 9.62 Å². The predicted molar refractivity (Wildman–Crippen MR) is 94.1 cm³/mol. The van der Waals surface area contributed by atoms with Crippen LogP contribution in [0.5, 0.6) is 0 Å². The number of aryl methyl sites for hydroxylation is 1. The molecule has 7 heteroatoms. The highest BCUT2D eigenvalue weighted by atomic mass is 32.2. The lowest BCUT2D eigenvalue weighted by Crippen LogP contribution is -2.26. The van der Waals surface area contributed by atoms with Gasteiger partial charge < -0.3 is 4.90 Å². The molecule has 128 valence electrons. The fourth-order valence-corrected chi connectivity index (χ4v) is 3.79. The fourth-order valence-electron chi connectivity index (χ4n) is 2.69. The Morgan fingerprint density at radius 3 is 2.54 bits per heavy atom. The van der Waals surface area contributed by atoms with Gasteiger partial charge in [-0.2, -0.15) is 0 Å². The van der Waals surface area contributed by atoms with E-state index in [9.17, 15) is 8.42 Å². The van der Waals surface area contributed by atoms with E-state index < -0.39 is 10.0 Å². The first kappa shape index (κ1) is 16.9. The molecule has 0 saturated carbocycles. The van der Waals surface area contributed by atoms with Crippen molar-refractivity contribution in [2.24, 2.45) is 0 Å². The summed E-state index contributed by atoms with van der Waals surface area (Å²) in [6, 6.07) is 9.25. The van der Waals surface area contributed by atoms with Gasteiger partial charge in [-0.15, -0.1) is 0 Å². The molecule has 1 aromatic heterocycles. The lowest BCUT2D eigenvalue weighted by molar-refractivity contribution is 0.579. The minimum Gasteiger partial charge on any atom is -0.341 e. The lowest BCUT2D eigenvalue weighted by atomic mass is 10.2. The smallest absolute Gasteiger partial charge is 0.225 e. The Hall–Kier alpha value is -1.99. The number of nitrogens with one attached hydrogen (secondary N) is 1. The van der Waals surface area contributed by atoms with Crippen molar-refractivity contribution in [3.8, 4) is 0 Å². The van der Waals surface area contributed by atoms with Crippen LogP contribution >= 0.6 is 0 Å². The Kier molecular flexibility index (Phi) is 5.11. The van der Waals surface area contributed by atoms with Gasteiger partial charge in [0.15, 0.2) is 0 Å². The summed E-state index contributed by atoms with van der Waals surface area (Å²) in [7, 11) is -3.40. The molecule has 0 spiro atoms. The Labute approximate surface area is 143 Å². The summed E-state index contributed by atoms with van der Waals surface area (Å²) in [5, 5.41) is 0. The number of sulfonamides is 1. The van der Waals surface area contributed by atoms with Gasteiger partial charge in [-0.25, -0.2) is 23.1 Å². The van der Waals surface area contributed by atoms with Crippen molar-refractivity contribution >= 4 is 16.0 Å². The zero-order valence-electron chi connectivity index (χ0n) is 13.8. The monoisotopic (exact) mass is 346 g/mol. The van der Waals surface area contributed by atoms with Gasteiger partial charge in [-0.1, -0.05) is 29.8 Å². The van der Waals surface area contributed by atoms with E-state index in [1.165, 1.54) is 0 Å². The molecule has 6 nitrogen and oxygen atoms in total. The van der Waals surface area contributed by atoms with Crippen LogP contribution in [-0.4, -0.2) is 31.5 Å². The first-order chi connectivity index (χ1) is 11.5. The Bertz CT molecular complexity index is 784. The number of hydrogen-bond donors (Lipinski definition) is 1. The largest absolute Gasteiger partial charge is 0.341 e. The van der Waals surface area contributed by atoms with E-state index in [0.717, 1.165) is 37.1 Å². The predicted octanol–water partition coefficient (Wildman–Crippen LogP) is 2.00. The minimum absolute atomic E-state index is 0.0304. The second kappa shape index (κ2) is 7.27. The van der Waals surface area contributed by atoms with Crippen molar-refractivity contribution < 1.29 is 8.42 Å². The van der Waals surface area contributed by atoms with Gasteiger partial charge in [-0.05, 0) is 31.4 Å². The van der Waals surface area contributed by atoms with Crippen LogP contribution in [0, 0.1) is 6.92 Å². The molecular formula is C17H22N4O2S. The summed E-state index contributed by atoms with van der Waals surface area (Å²) in [6.07, 6.45) is 3.98. The third-order valence-electron chi connectivity index (χ3n) is 4.04. The third-order valence-corrected chi connectivity index (χ3v) is 5.34. The van der Waals surface area contributed by atoms with Gasteiger partial charge in [0.05, 0.1) is 18.0 Å². The maximum atomic E-state index is 12.2. The maximum Gasteiger partial charge on any atom is 0.225 e. The van der Waals surface area contributed by atoms with Crippen LogP contribution in [-0.2, 0) is 22.3 Å². The average Bonchev–Trinajstić information content (AvgIpc) is 3.10. The van der Waals surface area contributed by atoms with E-state index in [4.69, 9.17) is 0 Å². The summed E-state index contributed by atoms with van der Waals surface area (Å²) in [5.74, 6) is 0.653. The van der Waals surface area contributed by atoms with E-state index in [-0.39, 0.29) is 12.3 Å². The minimum atomic E-state index is -3.40. The van der Waals surface area contributed by atoms with Crippen LogP contribution in [0.2, 0.25) is 0 Å². The lowest BCUT2D eigenvalue weighted by Gasteiger charge is -2.15. The molecule has 2 aromatic rings. The molecule has 1 saturated heterocycles. The van der Waals surface area contributed by atoms with Gasteiger partial charge >= 0.3 is 0 Å². The number of aromatic nitrogens is 2. The molecule has 0 radical (unpaired) electrons. The molecule has 0 aliphatic carbocycles. The van der Waals surface area contributed by atoms with Crippen LogP contribution in [0.15, 0.2) is 36.5 Å². The molecule has 0 amide bonds. The molecule has 1 aliphatic rings. The SMILES string of the molecule is Cc1ccc(CS(=O)(=O)NCc2ccnc(N3CCCC3)n2)cc1. The molecule has 1 N–H and O–H groups in total. The normalized spacial score (nSPS) is 15.0. The van der Waals surface area contributed by atoms with E-state index in [1.807, 2.05) is 31.2 Å². The summed E-state index contributed by atoms with van der Waals surface area (Å²) < 4.78 is 27.1. The second-order valence-corrected chi connectivity index (χ2v) is 7.91. The highest BCUT2D eigenvalue weighted by Gasteiger charge is 2.16. The van der Waals surface area contributed by atoms with Crippen molar-refractivity contribution in [3.05, 3.63) is 53.3 Å². The van der Waals surface area contributed by atoms with E-state index in [0.29, 0.717) is 11.6 Å². The van der Waals surface area contributed by atoms with Crippen molar-refractivity contribution in [3.63, 3.8) is 0 Å². The van der Waals surface area contributed by atoms with Crippen molar-refractivity contribution in [2.75, 3.05) is 18.0 Å². The molecule has 0 bridgehead atoms. The highest BCUT2D eigenvalue weighted by Crippen LogP contribution is 2.15. The molecule has 2 heterocycles. The molecule has 3 rings (SSSR count). The van der Waals surface area contributed by atoms with E-state index in [1.54, 1.807) is 12.3 Å². The molecule has 0 atom stereocenters. The number of nitrogens with zero attached hydrogens (tertiary/aromatic N) is 3. The molecular weight excluding hydrogens is 324 g/mol. The standard InChI is InChI=1S/C17H22N4O2S/c1-14-4-6-15(7-5-14)13-24(22,23)19-12-16-8-9-18-17(20-16)21-10-2-3-11-21/h4-9,19H,2-3,10-13H2,1H3. The van der Waals surface area contributed by atoms with Gasteiger partial charge in [0, 0.05) is 19.3 Å². The summed E-state index contributed by atoms with van der Waals surface area (Å²) in [6.45, 7) is 4.08. The summed E-state index contributed by atoms with van der Waals surface area (Å²) in [4.78, 5) is 10.9. The van der Waals surface area contributed by atoms with Crippen LogP contribution in [0.25, 0.3) is 0 Å². The van der Waals surface area contributed by atoms with E-state index >= 15 is 0 Å². The quantitative estimate of drug-likeness (QED) is 0.866. The Balaban J connectivity index is 1.61. The molecule has 0 unspecified atom stereocenters. The first-order valence-corrected chi connectivity index (χ1v) is 9.77. The molecule has 1 aromatic carbocycles. The van der Waals surface area contributed by atoms with Gasteiger partial charge in [0.1, 0.15) is 0 Å². The van der Waals surface area contributed by atoms with Crippen molar-refractivity contribution in [1.29, 1.82) is 0 Å². The van der Waals surface area contributed by atoms with Crippen LogP contribution in [0.1, 0.15) is 29.7 Å². The van der Waals surface area contributed by atoms with E-state index in [2.05, 4.69) is 19.6 Å². The first-order valence-electron chi connectivity index (χ1n) is 8.12. The fraction of sp³-hybridized carbons (Fsp3) is 0.412. The van der Waals surface area contributed by atoms with Crippen molar-refractivity contribution in [2.45, 2.75) is 32.1 Å². The Morgan fingerprint density at radius 1 is 1.12 bits per heavy atom. The molecule has 1 aliphatic heterocycles. The maximum absolute atomic E-state index is 12.2. The third kappa shape index (κ3) is 4.52. The number of anilines is 1. The zero-order valence-corrected chi connectivity index (χ0v) is 14.6. The van der Waals surface area contributed by atoms with Crippen LogP contribution in [0.3, 0.4) is 0 Å². The van der Waals surface area contributed by atoms with Crippen molar-refractivity contribution in [1.82, 2.24) is 14.7 Å². The van der Waals surface area contributed by atoms with Gasteiger partial charge in [-0.3, -0.25) is 0 Å².